The van der Waals surface area contributed by atoms with Crippen LogP contribution in [0.4, 0.5) is 0 Å². The van der Waals surface area contributed by atoms with E-state index in [-0.39, 0.29) is 5.75 Å². The van der Waals surface area contributed by atoms with Gasteiger partial charge in [0.25, 0.3) is 0 Å². The molecule has 0 saturated heterocycles. The maximum atomic E-state index is 9.43. The Kier molecular flexibility index (Phi) is 4.55. The Morgan fingerprint density at radius 3 is 3.07 bits per heavy atom. The smallest absolute Gasteiger partial charge is 0.131 e. The summed E-state index contributed by atoms with van der Waals surface area (Å²) in [5, 5.41) is 12.8. The fourth-order valence-electron chi connectivity index (χ4n) is 0.917. The van der Waals surface area contributed by atoms with Crippen LogP contribution in [0.3, 0.4) is 0 Å². The van der Waals surface area contributed by atoms with Crippen molar-refractivity contribution >= 4 is 15.9 Å². The lowest BCUT2D eigenvalue weighted by molar-refractivity contribution is 0.473. The van der Waals surface area contributed by atoms with Gasteiger partial charge in [-0.15, -0.1) is 0 Å². The highest BCUT2D eigenvalue weighted by molar-refractivity contribution is 9.10. The summed E-state index contributed by atoms with van der Waals surface area (Å²) in [5.41, 5.74) is 8.59. The lowest BCUT2D eigenvalue weighted by Gasteiger charge is -1.96. The van der Waals surface area contributed by atoms with E-state index in [1.54, 1.807) is 18.2 Å². The molecular weight excluding hydrogens is 258 g/mol. The van der Waals surface area contributed by atoms with E-state index < -0.39 is 0 Å². The van der Waals surface area contributed by atoms with E-state index in [1.165, 1.54) is 0 Å². The second kappa shape index (κ2) is 5.97. The van der Waals surface area contributed by atoms with Gasteiger partial charge in [0.05, 0.1) is 5.56 Å². The zero-order valence-electron chi connectivity index (χ0n) is 7.81. The summed E-state index contributed by atoms with van der Waals surface area (Å²) >= 11 is 3.28. The van der Waals surface area contributed by atoms with Crippen LogP contribution in [0.5, 0.6) is 5.75 Å². The Balaban J connectivity index is 2.70. The van der Waals surface area contributed by atoms with Crippen molar-refractivity contribution < 1.29 is 5.11 Å². The van der Waals surface area contributed by atoms with Crippen molar-refractivity contribution in [2.24, 2.45) is 5.11 Å². The summed E-state index contributed by atoms with van der Waals surface area (Å²) in [6.45, 7) is 0.346. The van der Waals surface area contributed by atoms with Crippen LogP contribution in [0.2, 0.25) is 0 Å². The molecule has 1 aromatic carbocycles. The first-order valence-corrected chi connectivity index (χ1v) is 5.01. The van der Waals surface area contributed by atoms with E-state index in [2.05, 4.69) is 37.8 Å². The predicted molar refractivity (Wildman–Crippen MR) is 61.3 cm³/mol. The molecule has 0 saturated carbocycles. The van der Waals surface area contributed by atoms with Gasteiger partial charge in [-0.3, -0.25) is 0 Å². The Hall–Kier alpha value is -1.63. The number of rotatable bonds is 2. The molecule has 76 valence electrons. The van der Waals surface area contributed by atoms with Crippen molar-refractivity contribution in [3.05, 3.63) is 38.7 Å². The third-order valence-corrected chi connectivity index (χ3v) is 2.07. The van der Waals surface area contributed by atoms with Gasteiger partial charge in [0, 0.05) is 22.4 Å². The normalized spacial score (nSPS) is 8.60. The van der Waals surface area contributed by atoms with E-state index in [9.17, 15) is 5.11 Å². The van der Waals surface area contributed by atoms with E-state index >= 15 is 0 Å². The third kappa shape index (κ3) is 3.94. The number of aromatic hydroxyl groups is 1. The molecule has 0 radical (unpaired) electrons. The molecule has 0 aliphatic heterocycles. The number of azide groups is 1. The SMILES string of the molecule is [N-]=[N+]=NCCC#Cc1cc(Br)ccc1O. The molecule has 4 nitrogen and oxygen atoms in total. The Labute approximate surface area is 95.7 Å². The van der Waals surface area contributed by atoms with Crippen molar-refractivity contribution in [3.63, 3.8) is 0 Å². The van der Waals surface area contributed by atoms with E-state index in [1.807, 2.05) is 0 Å². The molecule has 5 heteroatoms. The fraction of sp³-hybridized carbons (Fsp3) is 0.200. The Morgan fingerprint density at radius 1 is 1.53 bits per heavy atom. The van der Waals surface area contributed by atoms with Crippen molar-refractivity contribution in [2.45, 2.75) is 6.42 Å². The van der Waals surface area contributed by atoms with Crippen LogP contribution in [-0.4, -0.2) is 11.7 Å². The standard InChI is InChI=1S/C10H8BrN3O/c11-9-4-5-10(15)8(7-9)3-1-2-6-13-14-12/h4-5,7,15H,2,6H2. The highest BCUT2D eigenvalue weighted by atomic mass is 79.9. The number of phenolic OH excluding ortho intramolecular Hbond substituents is 1. The molecule has 1 aromatic rings. The summed E-state index contributed by atoms with van der Waals surface area (Å²) in [5.74, 6) is 5.76. The van der Waals surface area contributed by atoms with E-state index in [0.717, 1.165) is 4.47 Å². The minimum atomic E-state index is 0.148. The van der Waals surface area contributed by atoms with Gasteiger partial charge in [-0.25, -0.2) is 0 Å². The second-order valence-corrected chi connectivity index (χ2v) is 3.58. The van der Waals surface area contributed by atoms with Gasteiger partial charge in [-0.2, -0.15) is 0 Å². The van der Waals surface area contributed by atoms with Gasteiger partial charge in [0.15, 0.2) is 0 Å². The van der Waals surface area contributed by atoms with Gasteiger partial charge in [-0.1, -0.05) is 32.9 Å². The van der Waals surface area contributed by atoms with Gasteiger partial charge in [0.2, 0.25) is 0 Å². The monoisotopic (exact) mass is 265 g/mol. The number of halogens is 1. The van der Waals surface area contributed by atoms with Crippen LogP contribution in [0.1, 0.15) is 12.0 Å². The molecule has 0 spiro atoms. The molecule has 15 heavy (non-hydrogen) atoms. The molecular formula is C10H8BrN3O. The molecule has 0 aromatic heterocycles. The minimum absolute atomic E-state index is 0.148. The van der Waals surface area contributed by atoms with Gasteiger partial charge in [0.1, 0.15) is 5.75 Å². The van der Waals surface area contributed by atoms with Crippen LogP contribution < -0.4 is 0 Å². The first kappa shape index (κ1) is 11.4. The van der Waals surface area contributed by atoms with Crippen LogP contribution in [0, 0.1) is 11.8 Å². The number of nitrogens with zero attached hydrogens (tertiary/aromatic N) is 3. The molecule has 0 atom stereocenters. The van der Waals surface area contributed by atoms with Crippen LogP contribution in [0.25, 0.3) is 10.4 Å². The number of phenols is 1. The summed E-state index contributed by atoms with van der Waals surface area (Å²) in [6, 6.07) is 5.04. The molecule has 0 unspecified atom stereocenters. The lowest BCUT2D eigenvalue weighted by Crippen LogP contribution is -1.78. The van der Waals surface area contributed by atoms with Crippen molar-refractivity contribution in [1.29, 1.82) is 0 Å². The lowest BCUT2D eigenvalue weighted by atomic mass is 10.2. The topological polar surface area (TPSA) is 69.0 Å². The average molecular weight is 266 g/mol. The zero-order valence-corrected chi connectivity index (χ0v) is 9.40. The first-order valence-electron chi connectivity index (χ1n) is 4.22. The summed E-state index contributed by atoms with van der Waals surface area (Å²) < 4.78 is 0.861. The fourth-order valence-corrected chi connectivity index (χ4v) is 1.28. The average Bonchev–Trinajstić information content (AvgIpc) is 2.23. The van der Waals surface area contributed by atoms with Gasteiger partial charge in [-0.05, 0) is 23.7 Å². The summed E-state index contributed by atoms with van der Waals surface area (Å²) in [6.07, 6.45) is 0.482. The largest absolute Gasteiger partial charge is 0.507 e. The second-order valence-electron chi connectivity index (χ2n) is 2.67. The molecule has 0 aliphatic carbocycles. The Bertz CT molecular complexity index is 455. The molecule has 0 amide bonds. The highest BCUT2D eigenvalue weighted by Crippen LogP contribution is 2.20. The van der Waals surface area contributed by atoms with Crippen molar-refractivity contribution in [3.8, 4) is 17.6 Å². The number of hydrogen-bond donors (Lipinski definition) is 1. The molecule has 0 heterocycles. The summed E-state index contributed by atoms with van der Waals surface area (Å²) in [7, 11) is 0. The van der Waals surface area contributed by atoms with E-state index in [0.29, 0.717) is 18.5 Å². The first-order chi connectivity index (χ1) is 7.24. The quantitative estimate of drug-likeness (QED) is 0.288. The maximum absolute atomic E-state index is 9.43. The molecule has 0 aliphatic rings. The van der Waals surface area contributed by atoms with Crippen LogP contribution in [0.15, 0.2) is 27.8 Å². The Morgan fingerprint density at radius 2 is 2.33 bits per heavy atom. The zero-order chi connectivity index (χ0) is 11.1. The molecule has 0 fully saturated rings. The van der Waals surface area contributed by atoms with Crippen molar-refractivity contribution in [2.75, 3.05) is 6.54 Å². The van der Waals surface area contributed by atoms with Gasteiger partial charge < -0.3 is 5.11 Å². The highest BCUT2D eigenvalue weighted by Gasteiger charge is 1.96. The van der Waals surface area contributed by atoms with Crippen LogP contribution >= 0.6 is 15.9 Å². The number of hydrogen-bond acceptors (Lipinski definition) is 2. The van der Waals surface area contributed by atoms with Crippen LogP contribution in [-0.2, 0) is 0 Å². The number of benzene rings is 1. The molecule has 0 bridgehead atoms. The van der Waals surface area contributed by atoms with Gasteiger partial charge >= 0.3 is 0 Å². The molecule has 1 N–H and O–H groups in total. The minimum Gasteiger partial charge on any atom is -0.507 e. The third-order valence-electron chi connectivity index (χ3n) is 1.58. The molecule has 1 rings (SSSR count). The van der Waals surface area contributed by atoms with E-state index in [4.69, 9.17) is 5.53 Å². The summed E-state index contributed by atoms with van der Waals surface area (Å²) in [4.78, 5) is 2.61. The maximum Gasteiger partial charge on any atom is 0.131 e. The van der Waals surface area contributed by atoms with Crippen molar-refractivity contribution in [1.82, 2.24) is 0 Å². The predicted octanol–water partition coefficient (Wildman–Crippen LogP) is 3.21.